The van der Waals surface area contributed by atoms with E-state index >= 15 is 0 Å². The minimum atomic E-state index is 0. The van der Waals surface area contributed by atoms with Crippen molar-refractivity contribution in [3.63, 3.8) is 0 Å². The summed E-state index contributed by atoms with van der Waals surface area (Å²) in [6, 6.07) is 12.7. The minimum absolute atomic E-state index is 0. The van der Waals surface area contributed by atoms with Crippen LogP contribution in [0.4, 0.5) is 5.69 Å². The van der Waals surface area contributed by atoms with Gasteiger partial charge >= 0.3 is 21.7 Å². The fraction of sp³-hybridized carbons (Fsp3) is 0.261. The Morgan fingerprint density at radius 1 is 0.926 bits per heavy atom. The first-order valence-electron chi connectivity index (χ1n) is 8.45. The molecular formula is C23H29Cl2NTi. The van der Waals surface area contributed by atoms with Gasteiger partial charge in [0.15, 0.2) is 0 Å². The Morgan fingerprint density at radius 2 is 1.48 bits per heavy atom. The molecule has 0 atom stereocenters. The summed E-state index contributed by atoms with van der Waals surface area (Å²) in [6.45, 7) is 10.3. The van der Waals surface area contributed by atoms with E-state index in [0.717, 1.165) is 17.5 Å². The van der Waals surface area contributed by atoms with Gasteiger partial charge in [-0.1, -0.05) is 72.5 Å². The van der Waals surface area contributed by atoms with Crippen LogP contribution in [0.5, 0.6) is 0 Å². The van der Waals surface area contributed by atoms with Gasteiger partial charge in [0.2, 0.25) is 0 Å². The summed E-state index contributed by atoms with van der Waals surface area (Å²) in [5, 5.41) is 0. The molecule has 4 heteroatoms. The molecule has 0 saturated carbocycles. The summed E-state index contributed by atoms with van der Waals surface area (Å²) in [6.07, 6.45) is 7.63. The molecule has 0 unspecified atom stereocenters. The first kappa shape index (κ1) is 28.1. The second-order valence-electron chi connectivity index (χ2n) is 6.64. The summed E-state index contributed by atoms with van der Waals surface area (Å²) < 4.78 is 0. The van der Waals surface area contributed by atoms with E-state index in [0.29, 0.717) is 5.69 Å². The topological polar surface area (TPSA) is 23.8 Å². The average Bonchev–Trinajstić information content (AvgIpc) is 3.07. The van der Waals surface area contributed by atoms with E-state index in [-0.39, 0.29) is 46.5 Å². The third-order valence-electron chi connectivity index (χ3n) is 4.26. The van der Waals surface area contributed by atoms with Crippen LogP contribution in [0.25, 0.3) is 11.3 Å². The number of aryl methyl sites for hydroxylation is 3. The molecule has 0 saturated heterocycles. The molecule has 2 aromatic rings. The van der Waals surface area contributed by atoms with Crippen molar-refractivity contribution < 1.29 is 21.7 Å². The number of allylic oxidation sites excluding steroid dienone is 4. The first-order chi connectivity index (χ1) is 11.4. The Balaban J connectivity index is 0. The van der Waals surface area contributed by atoms with Crippen LogP contribution in [0.15, 0.2) is 54.6 Å². The SMILES string of the molecule is C[C-](C)c1ccccc1C1=CC=CC1.Cc1cc(C)c([NH-])c(C)c1.Cl.Cl.[Ti+2]. The molecule has 1 N–H and O–H groups in total. The van der Waals surface area contributed by atoms with Gasteiger partial charge in [0.25, 0.3) is 0 Å². The molecule has 0 aromatic heterocycles. The third-order valence-corrected chi connectivity index (χ3v) is 4.26. The van der Waals surface area contributed by atoms with Gasteiger partial charge in [0.05, 0.1) is 0 Å². The number of hydrogen-bond acceptors (Lipinski definition) is 0. The Bertz CT molecular complexity index is 757. The van der Waals surface area contributed by atoms with Gasteiger partial charge in [0.1, 0.15) is 0 Å². The van der Waals surface area contributed by atoms with Crippen LogP contribution in [-0.4, -0.2) is 0 Å². The molecule has 1 nitrogen and oxygen atoms in total. The molecule has 0 bridgehead atoms. The fourth-order valence-electron chi connectivity index (χ4n) is 3.03. The first-order valence-corrected chi connectivity index (χ1v) is 8.45. The normalized spacial score (nSPS) is 11.1. The van der Waals surface area contributed by atoms with E-state index in [4.69, 9.17) is 5.73 Å². The van der Waals surface area contributed by atoms with E-state index in [1.54, 1.807) is 0 Å². The van der Waals surface area contributed by atoms with Gasteiger partial charge in [-0.3, -0.25) is 0 Å². The van der Waals surface area contributed by atoms with E-state index in [9.17, 15) is 0 Å². The van der Waals surface area contributed by atoms with Crippen LogP contribution in [0.1, 0.15) is 48.1 Å². The third kappa shape index (κ3) is 7.80. The molecule has 27 heavy (non-hydrogen) atoms. The van der Waals surface area contributed by atoms with E-state index in [1.165, 1.54) is 28.2 Å². The van der Waals surface area contributed by atoms with Crippen LogP contribution >= 0.6 is 24.8 Å². The van der Waals surface area contributed by atoms with Gasteiger partial charge < -0.3 is 5.73 Å². The Kier molecular flexibility index (Phi) is 13.7. The van der Waals surface area contributed by atoms with Crippen molar-refractivity contribution in [2.75, 3.05) is 0 Å². The Labute approximate surface area is 192 Å². The monoisotopic (exact) mass is 437 g/mol. The van der Waals surface area contributed by atoms with Crippen molar-refractivity contribution in [2.45, 2.75) is 41.0 Å². The minimum Gasteiger partial charge on any atom is -0.698 e. The van der Waals surface area contributed by atoms with E-state index < -0.39 is 0 Å². The second kappa shape index (κ2) is 13.1. The molecule has 0 amide bonds. The summed E-state index contributed by atoms with van der Waals surface area (Å²) in [5.74, 6) is 1.38. The molecule has 0 radical (unpaired) electrons. The van der Waals surface area contributed by atoms with Gasteiger partial charge in [-0.2, -0.15) is 17.5 Å². The molecule has 1 aliphatic carbocycles. The molecule has 0 heterocycles. The number of rotatable bonds is 2. The fourth-order valence-corrected chi connectivity index (χ4v) is 3.03. The Morgan fingerprint density at radius 3 is 1.96 bits per heavy atom. The zero-order valence-corrected chi connectivity index (χ0v) is 19.9. The zero-order chi connectivity index (χ0) is 17.7. The smallest absolute Gasteiger partial charge is 0.698 e. The van der Waals surface area contributed by atoms with Crippen molar-refractivity contribution >= 4 is 36.1 Å². The number of benzene rings is 2. The van der Waals surface area contributed by atoms with E-state index in [1.807, 2.05) is 26.0 Å². The van der Waals surface area contributed by atoms with Crippen LogP contribution < -0.4 is 0 Å². The molecule has 0 fully saturated rings. The quantitative estimate of drug-likeness (QED) is 0.334. The predicted molar refractivity (Wildman–Crippen MR) is 121 cm³/mol. The molecule has 3 rings (SSSR count). The predicted octanol–water partition coefficient (Wildman–Crippen LogP) is 8.13. The number of halogens is 2. The van der Waals surface area contributed by atoms with Crippen molar-refractivity contribution in [3.05, 3.63) is 94.1 Å². The zero-order valence-electron chi connectivity index (χ0n) is 16.7. The van der Waals surface area contributed by atoms with Crippen LogP contribution in [0.3, 0.4) is 0 Å². The van der Waals surface area contributed by atoms with Crippen molar-refractivity contribution in [1.29, 1.82) is 0 Å². The van der Waals surface area contributed by atoms with Gasteiger partial charge in [-0.15, -0.1) is 48.2 Å². The maximum Gasteiger partial charge on any atom is 2.00 e. The van der Waals surface area contributed by atoms with Crippen LogP contribution in [0.2, 0.25) is 0 Å². The van der Waals surface area contributed by atoms with Gasteiger partial charge in [-0.05, 0) is 27.2 Å². The molecule has 1 aliphatic rings. The second-order valence-corrected chi connectivity index (χ2v) is 6.64. The van der Waals surface area contributed by atoms with Crippen LogP contribution in [0, 0.1) is 26.7 Å². The maximum absolute atomic E-state index is 7.54. The summed E-state index contributed by atoms with van der Waals surface area (Å²) in [5.41, 5.74) is 15.8. The van der Waals surface area contributed by atoms with Gasteiger partial charge in [-0.25, -0.2) is 0 Å². The van der Waals surface area contributed by atoms with Gasteiger partial charge in [0, 0.05) is 0 Å². The summed E-state index contributed by atoms with van der Waals surface area (Å²) in [7, 11) is 0. The van der Waals surface area contributed by atoms with Crippen molar-refractivity contribution in [2.24, 2.45) is 0 Å². The Hall–Kier alpha value is -1.12. The molecular weight excluding hydrogens is 409 g/mol. The molecule has 2 aromatic carbocycles. The molecule has 144 valence electrons. The van der Waals surface area contributed by atoms with Crippen molar-refractivity contribution in [1.82, 2.24) is 0 Å². The average molecular weight is 438 g/mol. The van der Waals surface area contributed by atoms with Crippen LogP contribution in [-0.2, 0) is 21.7 Å². The molecule has 0 aliphatic heterocycles. The molecule has 0 spiro atoms. The summed E-state index contributed by atoms with van der Waals surface area (Å²) >= 11 is 0. The maximum atomic E-state index is 7.54. The summed E-state index contributed by atoms with van der Waals surface area (Å²) in [4.78, 5) is 0. The number of hydrogen-bond donors (Lipinski definition) is 0. The number of nitrogens with one attached hydrogen (secondary N) is 1. The standard InChI is InChI=1S/C14H15.C9H12N.2ClH.Ti/c1-11(2)13-9-5-6-10-14(13)12-7-3-4-8-12;1-6-4-7(2)9(10)8(3)5-6;;;/h3-7,9-10H,8H2,1-2H3;4-5,10H,1-3H3;2*1H;/q2*-1;;;+2. The van der Waals surface area contributed by atoms with E-state index in [2.05, 4.69) is 63.3 Å². The van der Waals surface area contributed by atoms with Crippen molar-refractivity contribution in [3.8, 4) is 0 Å². The largest absolute Gasteiger partial charge is 2.00 e.